The lowest BCUT2D eigenvalue weighted by molar-refractivity contribution is -0.148. The van der Waals surface area contributed by atoms with Crippen molar-refractivity contribution in [2.75, 3.05) is 13.1 Å². The molecule has 0 aromatic heterocycles. The number of amides is 4. The van der Waals surface area contributed by atoms with E-state index in [1.807, 2.05) is 24.3 Å². The summed E-state index contributed by atoms with van der Waals surface area (Å²) in [5.74, 6) is -3.62. The molecule has 0 atom stereocenters. The van der Waals surface area contributed by atoms with E-state index in [-0.39, 0.29) is 36.7 Å². The first kappa shape index (κ1) is 20.1. The van der Waals surface area contributed by atoms with Crippen LogP contribution in [0.5, 0.6) is 0 Å². The third-order valence-corrected chi connectivity index (χ3v) is 6.86. The number of nitrogens with zero attached hydrogens (tertiary/aromatic N) is 2. The highest BCUT2D eigenvalue weighted by Crippen LogP contribution is 2.61. The minimum atomic E-state index is -0.617. The Morgan fingerprint density at radius 2 is 1.00 bits per heavy atom. The summed E-state index contributed by atoms with van der Waals surface area (Å²) in [5.41, 5.74) is 2.20. The highest BCUT2D eigenvalue weighted by atomic mass is 16.2. The third-order valence-electron chi connectivity index (χ3n) is 6.86. The van der Waals surface area contributed by atoms with Crippen LogP contribution in [0.4, 0.5) is 0 Å². The van der Waals surface area contributed by atoms with Crippen LogP contribution in [-0.4, -0.2) is 46.5 Å². The van der Waals surface area contributed by atoms with Gasteiger partial charge in [0.2, 0.25) is 11.8 Å². The number of hydrogen-bond donors (Lipinski definition) is 0. The second-order valence-corrected chi connectivity index (χ2v) is 8.36. The topological polar surface area (TPSA) is 74.8 Å². The number of carbonyl (C=O) groups excluding carboxylic acids is 4. The molecule has 1 aliphatic carbocycles. The summed E-state index contributed by atoms with van der Waals surface area (Å²) in [5, 5.41) is 0. The Hall–Kier alpha value is -3.80. The van der Waals surface area contributed by atoms with Crippen LogP contribution in [0.2, 0.25) is 0 Å². The van der Waals surface area contributed by atoms with E-state index in [4.69, 9.17) is 0 Å². The summed E-state index contributed by atoms with van der Waals surface area (Å²) in [7, 11) is 0. The summed E-state index contributed by atoms with van der Waals surface area (Å²) < 4.78 is 0. The molecule has 2 aliphatic heterocycles. The maximum Gasteiger partial charge on any atom is 0.261 e. The van der Waals surface area contributed by atoms with Gasteiger partial charge >= 0.3 is 0 Å². The molecule has 0 N–H and O–H groups in total. The third kappa shape index (κ3) is 2.59. The number of imide groups is 2. The van der Waals surface area contributed by atoms with Gasteiger partial charge in [0.05, 0.1) is 11.8 Å². The Morgan fingerprint density at radius 1 is 0.625 bits per heavy atom. The largest absolute Gasteiger partial charge is 0.274 e. The average Bonchev–Trinajstić information content (AvgIpc) is 2.90. The Kier molecular flexibility index (Phi) is 4.66. The maximum absolute atomic E-state index is 13.7. The van der Waals surface area contributed by atoms with Gasteiger partial charge in [-0.2, -0.15) is 0 Å². The molecule has 5 rings (SSSR count). The Bertz CT molecular complexity index is 1100. The molecule has 0 radical (unpaired) electrons. The molecule has 0 saturated heterocycles. The molecule has 0 spiro atoms. The van der Waals surface area contributed by atoms with E-state index < -0.39 is 23.7 Å². The number of rotatable bonds is 4. The van der Waals surface area contributed by atoms with Crippen LogP contribution in [0.3, 0.4) is 0 Å². The highest BCUT2D eigenvalue weighted by molar-refractivity contribution is 6.13. The molecule has 160 valence electrons. The predicted molar refractivity (Wildman–Crippen MR) is 118 cm³/mol. The van der Waals surface area contributed by atoms with Gasteiger partial charge in [0, 0.05) is 36.1 Å². The van der Waals surface area contributed by atoms with Crippen molar-refractivity contribution in [2.24, 2.45) is 11.8 Å². The molecule has 0 unspecified atom stereocenters. The van der Waals surface area contributed by atoms with Crippen molar-refractivity contribution >= 4 is 23.6 Å². The molecule has 6 nitrogen and oxygen atoms in total. The molecular formula is C26H22N2O4. The van der Waals surface area contributed by atoms with Crippen LogP contribution in [0.15, 0.2) is 73.8 Å². The first-order valence-corrected chi connectivity index (χ1v) is 10.6. The van der Waals surface area contributed by atoms with Gasteiger partial charge in [-0.05, 0) is 23.3 Å². The van der Waals surface area contributed by atoms with Gasteiger partial charge < -0.3 is 0 Å². The zero-order valence-electron chi connectivity index (χ0n) is 17.4. The smallest absolute Gasteiger partial charge is 0.261 e. The quantitative estimate of drug-likeness (QED) is 0.556. The molecule has 32 heavy (non-hydrogen) atoms. The van der Waals surface area contributed by atoms with Gasteiger partial charge in [-0.25, -0.2) is 0 Å². The Morgan fingerprint density at radius 3 is 1.38 bits per heavy atom. The molecule has 4 amide bonds. The maximum atomic E-state index is 13.7. The summed E-state index contributed by atoms with van der Waals surface area (Å²) >= 11 is 0. The van der Waals surface area contributed by atoms with E-state index in [1.54, 1.807) is 24.3 Å². The number of hydrogen-bond acceptors (Lipinski definition) is 4. The number of carbonyl (C=O) groups is 4. The van der Waals surface area contributed by atoms with Crippen molar-refractivity contribution in [1.29, 1.82) is 0 Å². The second-order valence-electron chi connectivity index (χ2n) is 8.36. The first-order chi connectivity index (χ1) is 15.5. The van der Waals surface area contributed by atoms with Crippen molar-refractivity contribution in [3.8, 4) is 0 Å². The summed E-state index contributed by atoms with van der Waals surface area (Å²) in [4.78, 5) is 56.3. The van der Waals surface area contributed by atoms with Gasteiger partial charge in [0.15, 0.2) is 0 Å². The lowest BCUT2D eigenvalue weighted by Gasteiger charge is -2.50. The van der Waals surface area contributed by atoms with E-state index in [0.717, 1.165) is 0 Å². The zero-order valence-corrected chi connectivity index (χ0v) is 17.4. The number of benzene rings is 2. The fraction of sp³-hybridized carbons (Fsp3) is 0.231. The fourth-order valence-electron chi connectivity index (χ4n) is 5.56. The Balaban J connectivity index is 1.75. The monoisotopic (exact) mass is 426 g/mol. The lowest BCUT2D eigenvalue weighted by Crippen LogP contribution is -2.55. The molecule has 1 saturated carbocycles. The molecule has 3 aliphatic rings. The zero-order chi connectivity index (χ0) is 22.6. The van der Waals surface area contributed by atoms with Crippen molar-refractivity contribution in [1.82, 2.24) is 9.80 Å². The van der Waals surface area contributed by atoms with Crippen molar-refractivity contribution in [3.05, 3.63) is 96.1 Å². The minimum absolute atomic E-state index is 0.0870. The second kappa shape index (κ2) is 7.41. The molecule has 0 bridgehead atoms. The van der Waals surface area contributed by atoms with Gasteiger partial charge in [0.1, 0.15) is 0 Å². The van der Waals surface area contributed by atoms with Crippen LogP contribution in [-0.2, 0) is 9.59 Å². The number of fused-ring (bicyclic) bond motifs is 8. The van der Waals surface area contributed by atoms with Crippen LogP contribution >= 0.6 is 0 Å². The molecule has 1 fully saturated rings. The van der Waals surface area contributed by atoms with E-state index in [9.17, 15) is 19.2 Å². The first-order valence-electron chi connectivity index (χ1n) is 10.6. The molecule has 2 aromatic rings. The summed E-state index contributed by atoms with van der Waals surface area (Å²) in [6.07, 6.45) is 3.05. The fourth-order valence-corrected chi connectivity index (χ4v) is 5.56. The summed E-state index contributed by atoms with van der Waals surface area (Å²) in [6, 6.07) is 14.1. The average molecular weight is 426 g/mol. The van der Waals surface area contributed by atoms with Gasteiger partial charge in [0.25, 0.3) is 11.8 Å². The van der Waals surface area contributed by atoms with E-state index in [2.05, 4.69) is 13.2 Å². The van der Waals surface area contributed by atoms with Crippen molar-refractivity contribution in [2.45, 2.75) is 11.8 Å². The minimum Gasteiger partial charge on any atom is -0.274 e. The van der Waals surface area contributed by atoms with Crippen LogP contribution in [0, 0.1) is 11.8 Å². The van der Waals surface area contributed by atoms with Crippen LogP contribution in [0.25, 0.3) is 0 Å². The van der Waals surface area contributed by atoms with Crippen molar-refractivity contribution in [3.63, 3.8) is 0 Å². The van der Waals surface area contributed by atoms with Crippen LogP contribution < -0.4 is 0 Å². The van der Waals surface area contributed by atoms with E-state index >= 15 is 0 Å². The van der Waals surface area contributed by atoms with Gasteiger partial charge in [-0.3, -0.25) is 29.0 Å². The SMILES string of the molecule is C=CCN1C(=O)c2ccccc2C2C(C1=O)[C@H]1c3ccccc3C(=O)N(CC=C)C(=O)[C@H]21. The van der Waals surface area contributed by atoms with Gasteiger partial charge in [-0.15, -0.1) is 13.2 Å². The molecule has 2 aromatic carbocycles. The lowest BCUT2D eigenvalue weighted by atomic mass is 9.51. The van der Waals surface area contributed by atoms with Crippen LogP contribution in [0.1, 0.15) is 43.7 Å². The van der Waals surface area contributed by atoms with E-state index in [1.165, 1.54) is 22.0 Å². The Labute approximate surface area is 185 Å². The molecular weight excluding hydrogens is 404 g/mol. The normalized spacial score (nSPS) is 26.1. The molecule has 6 heteroatoms. The van der Waals surface area contributed by atoms with E-state index in [0.29, 0.717) is 22.3 Å². The van der Waals surface area contributed by atoms with Gasteiger partial charge in [-0.1, -0.05) is 48.6 Å². The standard InChI is InChI=1S/C26H22N2O4/c1-3-13-27-23(29)17-11-7-5-9-15(17)19-21(25(27)31)20-16-10-6-8-12-18(16)24(30)28(14-4-2)26(32)22(19)20/h3-12,19-22H,1-2,13-14H2/t19-,20?,21-,22?/m0/s1. The molecule has 2 heterocycles. The van der Waals surface area contributed by atoms with Crippen molar-refractivity contribution < 1.29 is 19.2 Å². The predicted octanol–water partition coefficient (Wildman–Crippen LogP) is 3.14. The highest BCUT2D eigenvalue weighted by Gasteiger charge is 2.63. The summed E-state index contributed by atoms with van der Waals surface area (Å²) in [6.45, 7) is 7.57.